The van der Waals surface area contributed by atoms with E-state index in [1.807, 2.05) is 0 Å². The molecular weight excluding hydrogens is 431 g/mol. The Kier molecular flexibility index (Phi) is 6.30. The number of hydrogen-bond acceptors (Lipinski definition) is 3. The highest BCUT2D eigenvalue weighted by atomic mass is 35.5. The van der Waals surface area contributed by atoms with Crippen LogP contribution in [0.2, 0.25) is 5.02 Å². The van der Waals surface area contributed by atoms with Gasteiger partial charge in [-0.25, -0.2) is 0 Å². The molecule has 31 heavy (non-hydrogen) atoms. The van der Waals surface area contributed by atoms with Crippen molar-refractivity contribution in [1.29, 1.82) is 0 Å². The van der Waals surface area contributed by atoms with Crippen LogP contribution in [0.4, 0.5) is 13.2 Å². The maximum absolute atomic E-state index is 13.1. The summed E-state index contributed by atoms with van der Waals surface area (Å²) < 4.78 is 40.6. The maximum atomic E-state index is 13.1. The predicted octanol–water partition coefficient (Wildman–Crippen LogP) is 4.76. The van der Waals surface area contributed by atoms with Crippen LogP contribution in [0.15, 0.2) is 53.5 Å². The fraction of sp³-hybridized carbons (Fsp3) is 0.304. The molecule has 4 nitrogen and oxygen atoms in total. The van der Waals surface area contributed by atoms with Crippen LogP contribution in [0.25, 0.3) is 10.8 Å². The lowest BCUT2D eigenvalue weighted by Crippen LogP contribution is -2.38. The fourth-order valence-corrected chi connectivity index (χ4v) is 3.68. The minimum atomic E-state index is -4.60. The zero-order valence-corrected chi connectivity index (χ0v) is 17.7. The molecular formula is C23H21ClF3NO3. The first-order valence-corrected chi connectivity index (χ1v) is 9.94. The van der Waals surface area contributed by atoms with Gasteiger partial charge < -0.3 is 9.67 Å². The van der Waals surface area contributed by atoms with Crippen LogP contribution in [0.3, 0.4) is 0 Å². The number of benzene rings is 2. The summed E-state index contributed by atoms with van der Waals surface area (Å²) >= 11 is 5.63. The van der Waals surface area contributed by atoms with E-state index in [2.05, 4.69) is 0 Å². The van der Waals surface area contributed by atoms with Crippen LogP contribution < -0.4 is 5.56 Å². The van der Waals surface area contributed by atoms with Crippen molar-refractivity contribution in [2.75, 3.05) is 6.61 Å². The lowest BCUT2D eigenvalue weighted by molar-refractivity contribution is -0.137. The molecule has 0 aliphatic carbocycles. The summed E-state index contributed by atoms with van der Waals surface area (Å²) in [5.41, 5.74) is -1.23. The van der Waals surface area contributed by atoms with Crippen molar-refractivity contribution in [3.8, 4) is 0 Å². The van der Waals surface area contributed by atoms with Crippen molar-refractivity contribution < 1.29 is 23.1 Å². The Morgan fingerprint density at radius 3 is 2.42 bits per heavy atom. The fourth-order valence-electron chi connectivity index (χ4n) is 3.45. The van der Waals surface area contributed by atoms with Crippen molar-refractivity contribution in [1.82, 2.24) is 4.57 Å². The molecule has 164 valence electrons. The van der Waals surface area contributed by atoms with E-state index in [0.717, 1.165) is 12.1 Å². The van der Waals surface area contributed by atoms with Crippen LogP contribution in [0.1, 0.15) is 30.5 Å². The molecule has 0 atom stereocenters. The number of hydrogen-bond donors (Lipinski definition) is 1. The molecule has 3 rings (SSSR count). The Morgan fingerprint density at radius 1 is 1.06 bits per heavy atom. The highest BCUT2D eigenvalue weighted by Gasteiger charge is 2.33. The number of aliphatic hydroxyl groups excluding tert-OH is 1. The first-order valence-electron chi connectivity index (χ1n) is 9.56. The molecule has 0 fully saturated rings. The molecule has 1 aromatic heterocycles. The van der Waals surface area contributed by atoms with Crippen molar-refractivity contribution in [3.63, 3.8) is 0 Å². The quantitative estimate of drug-likeness (QED) is 0.588. The number of Topliss-reactive ketones (excluding diaryl/α,β-unsaturated/α-hetero) is 1. The smallest absolute Gasteiger partial charge is 0.394 e. The first-order chi connectivity index (χ1) is 14.4. The summed E-state index contributed by atoms with van der Waals surface area (Å²) in [6.07, 6.45) is -3.25. The van der Waals surface area contributed by atoms with E-state index in [1.165, 1.54) is 10.6 Å². The van der Waals surface area contributed by atoms with Gasteiger partial charge in [0.2, 0.25) is 0 Å². The highest BCUT2D eigenvalue weighted by Crippen LogP contribution is 2.35. The number of rotatable bonds is 6. The third kappa shape index (κ3) is 4.83. The van der Waals surface area contributed by atoms with E-state index in [0.29, 0.717) is 16.3 Å². The van der Waals surface area contributed by atoms with E-state index in [9.17, 15) is 27.9 Å². The molecule has 0 saturated heterocycles. The minimum Gasteiger partial charge on any atom is -0.394 e. The zero-order valence-electron chi connectivity index (χ0n) is 17.0. The summed E-state index contributed by atoms with van der Waals surface area (Å²) in [5, 5.41) is 10.1. The van der Waals surface area contributed by atoms with Gasteiger partial charge in [-0.05, 0) is 54.6 Å². The predicted molar refractivity (Wildman–Crippen MR) is 113 cm³/mol. The lowest BCUT2D eigenvalue weighted by atomic mass is 9.97. The van der Waals surface area contributed by atoms with E-state index in [4.69, 9.17) is 11.6 Å². The van der Waals surface area contributed by atoms with Gasteiger partial charge in [0.1, 0.15) is 5.78 Å². The molecule has 8 heteroatoms. The van der Waals surface area contributed by atoms with Crippen LogP contribution in [-0.2, 0) is 29.4 Å². The van der Waals surface area contributed by atoms with Crippen molar-refractivity contribution in [2.24, 2.45) is 0 Å². The molecule has 0 aliphatic rings. The van der Waals surface area contributed by atoms with Gasteiger partial charge in [-0.15, -0.1) is 0 Å². The summed E-state index contributed by atoms with van der Waals surface area (Å²) in [4.78, 5) is 25.5. The number of pyridine rings is 1. The Balaban J connectivity index is 1.90. The van der Waals surface area contributed by atoms with E-state index in [1.54, 1.807) is 44.3 Å². The summed E-state index contributed by atoms with van der Waals surface area (Å²) in [5.74, 6) is -0.289. The molecule has 0 saturated carbocycles. The highest BCUT2D eigenvalue weighted by molar-refractivity contribution is 6.31. The topological polar surface area (TPSA) is 59.3 Å². The number of fused-ring (bicyclic) bond motifs is 1. The number of aromatic nitrogens is 1. The molecule has 0 amide bonds. The van der Waals surface area contributed by atoms with Gasteiger partial charge in [0.05, 0.1) is 22.7 Å². The number of carbonyl (C=O) groups excluding carboxylic acids is 1. The number of carbonyl (C=O) groups is 1. The first kappa shape index (κ1) is 23.0. The second-order valence-electron chi connectivity index (χ2n) is 8.04. The van der Waals surface area contributed by atoms with Gasteiger partial charge in [0.15, 0.2) is 0 Å². The largest absolute Gasteiger partial charge is 0.417 e. The van der Waals surface area contributed by atoms with Gasteiger partial charge in [-0.2, -0.15) is 13.2 Å². The van der Waals surface area contributed by atoms with Crippen LogP contribution >= 0.6 is 11.6 Å². The molecule has 2 aromatic carbocycles. The number of alkyl halides is 3. The number of nitrogens with zero attached hydrogens (tertiary/aromatic N) is 1. The maximum Gasteiger partial charge on any atom is 0.417 e. The van der Waals surface area contributed by atoms with Crippen LogP contribution in [-0.4, -0.2) is 22.1 Å². The second kappa shape index (κ2) is 8.48. The van der Waals surface area contributed by atoms with Gasteiger partial charge in [0, 0.05) is 24.4 Å². The van der Waals surface area contributed by atoms with Crippen molar-refractivity contribution in [2.45, 2.75) is 38.4 Å². The summed E-state index contributed by atoms with van der Waals surface area (Å²) in [6, 6.07) is 10.1. The Morgan fingerprint density at radius 2 is 1.77 bits per heavy atom. The van der Waals surface area contributed by atoms with Gasteiger partial charge in [-0.1, -0.05) is 29.8 Å². The van der Waals surface area contributed by atoms with Crippen molar-refractivity contribution >= 4 is 28.2 Å². The lowest BCUT2D eigenvalue weighted by Gasteiger charge is -2.25. The van der Waals surface area contributed by atoms with E-state index in [-0.39, 0.29) is 36.4 Å². The normalized spacial score (nSPS) is 12.4. The average Bonchev–Trinajstić information content (AvgIpc) is 2.69. The third-order valence-corrected chi connectivity index (χ3v) is 5.53. The monoisotopic (exact) mass is 451 g/mol. The number of halogens is 4. The molecule has 0 bridgehead atoms. The van der Waals surface area contributed by atoms with Gasteiger partial charge in [-0.3, -0.25) is 9.59 Å². The third-order valence-electron chi connectivity index (χ3n) is 5.20. The van der Waals surface area contributed by atoms with E-state index >= 15 is 0 Å². The van der Waals surface area contributed by atoms with Crippen LogP contribution in [0.5, 0.6) is 0 Å². The molecule has 0 radical (unpaired) electrons. The minimum absolute atomic E-state index is 0.0336. The standard InChI is InChI=1S/C23H21ClF3NO3/c1-22(2,13-29)28-9-8-17-15(4-3-5-18(17)21(28)31)12-16(30)10-14-6-7-20(24)19(11-14)23(25,26)27/h3-9,11,29H,10,12-13H2,1-2H3. The van der Waals surface area contributed by atoms with Gasteiger partial charge >= 0.3 is 6.18 Å². The number of aliphatic hydroxyl groups is 1. The summed E-state index contributed by atoms with van der Waals surface area (Å²) in [6.45, 7) is 3.24. The Bertz CT molecular complexity index is 1200. The second-order valence-corrected chi connectivity index (χ2v) is 8.45. The zero-order chi connectivity index (χ0) is 23.0. The molecule has 0 aliphatic heterocycles. The molecule has 1 N–H and O–H groups in total. The Labute approximate surface area is 181 Å². The number of ketones is 1. The molecule has 0 unspecified atom stereocenters. The molecule has 1 heterocycles. The van der Waals surface area contributed by atoms with Gasteiger partial charge in [0.25, 0.3) is 5.56 Å². The molecule has 0 spiro atoms. The SMILES string of the molecule is CC(C)(CO)n1ccc2c(CC(=O)Cc3ccc(Cl)c(C(F)(F)F)c3)cccc2c1=O. The van der Waals surface area contributed by atoms with Crippen molar-refractivity contribution in [3.05, 3.63) is 80.7 Å². The summed E-state index contributed by atoms with van der Waals surface area (Å²) in [7, 11) is 0. The molecule has 3 aromatic rings. The van der Waals surface area contributed by atoms with Crippen LogP contribution in [0, 0.1) is 0 Å². The average molecular weight is 452 g/mol. The van der Waals surface area contributed by atoms with E-state index < -0.39 is 22.3 Å². The Hall–Kier alpha value is -2.64.